The minimum Gasteiger partial charge on any atom is -0.373 e. The number of hydrogen-bond donors (Lipinski definition) is 0. The minimum atomic E-state index is 0.693. The van der Waals surface area contributed by atoms with Gasteiger partial charge in [-0.05, 0) is 38.5 Å². The van der Waals surface area contributed by atoms with Gasteiger partial charge in [-0.1, -0.05) is 20.4 Å². The lowest BCUT2D eigenvalue weighted by Crippen LogP contribution is -2.40. The fraction of sp³-hybridized carbons (Fsp3) is 0.833. The first-order chi connectivity index (χ1) is 6.02. The van der Waals surface area contributed by atoms with Crippen LogP contribution >= 0.6 is 0 Å². The van der Waals surface area contributed by atoms with E-state index >= 15 is 0 Å². The third-order valence-electron chi connectivity index (χ3n) is 3.35. The van der Waals surface area contributed by atoms with Crippen LogP contribution < -0.4 is 0 Å². The summed E-state index contributed by atoms with van der Waals surface area (Å²) in [6.45, 7) is 14.4. The zero-order valence-corrected chi connectivity index (χ0v) is 9.51. The molecule has 0 aromatic heterocycles. The average Bonchev–Trinajstić information content (AvgIpc) is 2.03. The summed E-state index contributed by atoms with van der Waals surface area (Å²) in [6.07, 6.45) is 2.68. The maximum atomic E-state index is 4.03. The molecule has 0 aromatic rings. The molecule has 0 radical (unpaired) electrons. The highest BCUT2D eigenvalue weighted by Gasteiger charge is 2.26. The van der Waals surface area contributed by atoms with Crippen molar-refractivity contribution >= 4 is 0 Å². The Kier molecular flexibility index (Phi) is 3.40. The predicted molar refractivity (Wildman–Crippen MR) is 58.5 cm³/mol. The van der Waals surface area contributed by atoms with Crippen LogP contribution in [0, 0.1) is 11.8 Å². The number of piperidine rings is 1. The quantitative estimate of drug-likeness (QED) is 0.632. The summed E-state index contributed by atoms with van der Waals surface area (Å²) in [5, 5.41) is 0. The second-order valence-electron chi connectivity index (χ2n) is 4.81. The van der Waals surface area contributed by atoms with Crippen molar-refractivity contribution in [1.82, 2.24) is 4.90 Å². The summed E-state index contributed by atoms with van der Waals surface area (Å²) in [4.78, 5) is 2.44. The summed E-state index contributed by atoms with van der Waals surface area (Å²) in [7, 11) is 0. The Balaban J connectivity index is 2.51. The van der Waals surface area contributed by atoms with Crippen molar-refractivity contribution in [2.45, 2.75) is 46.6 Å². The van der Waals surface area contributed by atoms with Crippen LogP contribution in [0.5, 0.6) is 0 Å². The Hall–Kier alpha value is -0.460. The molecule has 1 heterocycles. The van der Waals surface area contributed by atoms with E-state index in [4.69, 9.17) is 0 Å². The van der Waals surface area contributed by atoms with Gasteiger partial charge in [0, 0.05) is 18.3 Å². The van der Waals surface area contributed by atoms with E-state index in [2.05, 4.69) is 39.2 Å². The monoisotopic (exact) mass is 181 g/mol. The van der Waals surface area contributed by atoms with Gasteiger partial charge in [0.05, 0.1) is 0 Å². The normalized spacial score (nSPS) is 29.5. The van der Waals surface area contributed by atoms with Gasteiger partial charge in [-0.2, -0.15) is 0 Å². The Morgan fingerprint density at radius 1 is 1.46 bits per heavy atom. The molecule has 0 aromatic carbocycles. The van der Waals surface area contributed by atoms with Crippen LogP contribution in [0.4, 0.5) is 0 Å². The molecule has 1 fully saturated rings. The average molecular weight is 181 g/mol. The molecular weight excluding hydrogens is 158 g/mol. The van der Waals surface area contributed by atoms with Crippen LogP contribution in [0.15, 0.2) is 12.3 Å². The Labute approximate surface area is 82.8 Å². The second kappa shape index (κ2) is 4.17. The van der Waals surface area contributed by atoms with E-state index in [0.717, 1.165) is 11.8 Å². The lowest BCUT2D eigenvalue weighted by Gasteiger charge is -2.40. The van der Waals surface area contributed by atoms with E-state index < -0.39 is 0 Å². The first kappa shape index (κ1) is 10.6. The Bertz CT molecular complexity index is 184. The van der Waals surface area contributed by atoms with Gasteiger partial charge in [0.15, 0.2) is 0 Å². The second-order valence-corrected chi connectivity index (χ2v) is 4.81. The van der Waals surface area contributed by atoms with Crippen molar-refractivity contribution < 1.29 is 0 Å². The summed E-state index contributed by atoms with van der Waals surface area (Å²) in [5.74, 6) is 1.76. The molecule has 0 bridgehead atoms. The van der Waals surface area contributed by atoms with E-state index in [9.17, 15) is 0 Å². The molecule has 0 aliphatic carbocycles. The van der Waals surface area contributed by atoms with Crippen LogP contribution in [-0.4, -0.2) is 17.5 Å². The summed E-state index contributed by atoms with van der Waals surface area (Å²) < 4.78 is 0. The highest BCUT2D eigenvalue weighted by Crippen LogP contribution is 2.29. The maximum absolute atomic E-state index is 4.03. The summed E-state index contributed by atoms with van der Waals surface area (Å²) in [6, 6.07) is 0.693. The molecule has 76 valence electrons. The third kappa shape index (κ3) is 2.49. The lowest BCUT2D eigenvalue weighted by atomic mass is 9.83. The molecule has 0 saturated carbocycles. The topological polar surface area (TPSA) is 3.24 Å². The van der Waals surface area contributed by atoms with Crippen LogP contribution in [0.25, 0.3) is 0 Å². The molecule has 0 N–H and O–H groups in total. The van der Waals surface area contributed by atoms with Gasteiger partial charge in [0.1, 0.15) is 0 Å². The molecule has 1 nitrogen and oxygen atoms in total. The van der Waals surface area contributed by atoms with E-state index in [1.165, 1.54) is 25.1 Å². The first-order valence-electron chi connectivity index (χ1n) is 5.44. The SMILES string of the molecule is C=C(C)N1CCC(C(C)C)CC1C. The van der Waals surface area contributed by atoms with Gasteiger partial charge in [-0.3, -0.25) is 0 Å². The number of rotatable bonds is 2. The van der Waals surface area contributed by atoms with Crippen molar-refractivity contribution in [3.63, 3.8) is 0 Å². The van der Waals surface area contributed by atoms with Gasteiger partial charge >= 0.3 is 0 Å². The van der Waals surface area contributed by atoms with Gasteiger partial charge in [-0.15, -0.1) is 0 Å². The molecule has 1 aliphatic rings. The molecule has 13 heavy (non-hydrogen) atoms. The van der Waals surface area contributed by atoms with Crippen molar-refractivity contribution in [3.8, 4) is 0 Å². The molecule has 0 spiro atoms. The molecule has 1 rings (SSSR count). The van der Waals surface area contributed by atoms with E-state index in [1.807, 2.05) is 0 Å². The van der Waals surface area contributed by atoms with Crippen LogP contribution in [0.1, 0.15) is 40.5 Å². The van der Waals surface area contributed by atoms with Crippen LogP contribution in [0.3, 0.4) is 0 Å². The lowest BCUT2D eigenvalue weighted by molar-refractivity contribution is 0.136. The molecule has 1 aliphatic heterocycles. The first-order valence-corrected chi connectivity index (χ1v) is 5.44. The largest absolute Gasteiger partial charge is 0.373 e. The van der Waals surface area contributed by atoms with E-state index in [0.29, 0.717) is 6.04 Å². The third-order valence-corrected chi connectivity index (χ3v) is 3.35. The Morgan fingerprint density at radius 2 is 2.08 bits per heavy atom. The molecule has 1 saturated heterocycles. The van der Waals surface area contributed by atoms with Gasteiger partial charge in [-0.25, -0.2) is 0 Å². The number of nitrogens with zero attached hydrogens (tertiary/aromatic N) is 1. The summed E-state index contributed by atoms with van der Waals surface area (Å²) in [5.41, 5.74) is 1.23. The summed E-state index contributed by atoms with van der Waals surface area (Å²) >= 11 is 0. The number of hydrogen-bond acceptors (Lipinski definition) is 1. The minimum absolute atomic E-state index is 0.693. The molecule has 2 atom stereocenters. The van der Waals surface area contributed by atoms with Gasteiger partial charge in [0.25, 0.3) is 0 Å². The molecule has 2 unspecified atom stereocenters. The molecular formula is C12H23N. The van der Waals surface area contributed by atoms with Gasteiger partial charge in [0.2, 0.25) is 0 Å². The van der Waals surface area contributed by atoms with Gasteiger partial charge < -0.3 is 4.90 Å². The smallest absolute Gasteiger partial charge is 0.0261 e. The number of allylic oxidation sites excluding steroid dienone is 1. The zero-order valence-electron chi connectivity index (χ0n) is 9.51. The zero-order chi connectivity index (χ0) is 10.0. The highest BCUT2D eigenvalue weighted by atomic mass is 15.2. The fourth-order valence-electron chi connectivity index (χ4n) is 2.38. The molecule has 0 amide bonds. The van der Waals surface area contributed by atoms with Crippen molar-refractivity contribution in [2.75, 3.05) is 6.54 Å². The van der Waals surface area contributed by atoms with Crippen LogP contribution in [-0.2, 0) is 0 Å². The van der Waals surface area contributed by atoms with Crippen molar-refractivity contribution in [1.29, 1.82) is 0 Å². The number of likely N-dealkylation sites (tertiary alicyclic amines) is 1. The van der Waals surface area contributed by atoms with E-state index in [1.54, 1.807) is 0 Å². The van der Waals surface area contributed by atoms with Crippen molar-refractivity contribution in [2.24, 2.45) is 11.8 Å². The Morgan fingerprint density at radius 3 is 2.46 bits per heavy atom. The van der Waals surface area contributed by atoms with E-state index in [-0.39, 0.29) is 0 Å². The molecule has 1 heteroatoms. The maximum Gasteiger partial charge on any atom is 0.0261 e. The standard InChI is InChI=1S/C12H23N/c1-9(2)12-6-7-13(10(3)4)11(5)8-12/h9,11-12H,3,6-8H2,1-2,4-5H3. The van der Waals surface area contributed by atoms with Crippen LogP contribution in [0.2, 0.25) is 0 Å². The fourth-order valence-corrected chi connectivity index (χ4v) is 2.38. The van der Waals surface area contributed by atoms with Crippen molar-refractivity contribution in [3.05, 3.63) is 12.3 Å². The highest BCUT2D eigenvalue weighted by molar-refractivity contribution is 4.95. The predicted octanol–water partition coefficient (Wildman–Crippen LogP) is 3.28.